The summed E-state index contributed by atoms with van der Waals surface area (Å²) >= 11 is 2.90. The average Bonchev–Trinajstić information content (AvgIpc) is 3.14. The van der Waals surface area contributed by atoms with Crippen LogP contribution in [0.3, 0.4) is 0 Å². The lowest BCUT2D eigenvalue weighted by molar-refractivity contribution is -0.386. The molecule has 1 atom stereocenters. The van der Waals surface area contributed by atoms with E-state index in [4.69, 9.17) is 9.47 Å². The van der Waals surface area contributed by atoms with Crippen LogP contribution in [0.5, 0.6) is 11.5 Å². The van der Waals surface area contributed by atoms with Crippen molar-refractivity contribution in [2.75, 3.05) is 6.61 Å². The molecule has 2 heterocycles. The highest BCUT2D eigenvalue weighted by Crippen LogP contribution is 2.33. The van der Waals surface area contributed by atoms with Crippen molar-refractivity contribution in [2.24, 2.45) is 4.99 Å². The number of carbonyl (C=O) groups is 1. The number of phenolic OH excluding ortho intramolecular Hbond substituents is 1. The third-order valence-corrected chi connectivity index (χ3v) is 7.46. The van der Waals surface area contributed by atoms with Gasteiger partial charge in [0.2, 0.25) is 5.75 Å². The quantitative estimate of drug-likeness (QED) is 0.178. The van der Waals surface area contributed by atoms with Gasteiger partial charge < -0.3 is 14.6 Å². The van der Waals surface area contributed by atoms with E-state index in [2.05, 4.69) is 4.99 Å². The summed E-state index contributed by atoms with van der Waals surface area (Å²) in [6.07, 6.45) is 1.14. The van der Waals surface area contributed by atoms with Crippen molar-refractivity contribution < 1.29 is 24.3 Å². The highest BCUT2D eigenvalue weighted by atomic mass is 127. The Balaban J connectivity index is 1.93. The Morgan fingerprint density at radius 2 is 2.00 bits per heavy atom. The van der Waals surface area contributed by atoms with Crippen LogP contribution in [-0.4, -0.2) is 33.3 Å². The number of hydrogen-bond acceptors (Lipinski definition) is 9. The standard InChI is InChI=1S/C26H24IN3O7S/c1-5-36-17-8-6-16(7-9-17)22-21(25(33)37-13(2)3)14(4)28-26-29(22)24(32)20(38-26)12-15-10-18(27)23(31)19(11-15)30(34)35/h6-13,22,31H,5H2,1-4H3/b20-12+/t22-/m1/s1. The first-order valence-corrected chi connectivity index (χ1v) is 13.5. The maximum atomic E-state index is 13.7. The summed E-state index contributed by atoms with van der Waals surface area (Å²) in [4.78, 5) is 42.5. The number of rotatable bonds is 7. The maximum absolute atomic E-state index is 13.7. The van der Waals surface area contributed by atoms with Gasteiger partial charge in [-0.05, 0) is 85.7 Å². The minimum absolute atomic E-state index is 0.247. The Labute approximate surface area is 234 Å². The summed E-state index contributed by atoms with van der Waals surface area (Å²) in [5.41, 5.74) is 0.838. The monoisotopic (exact) mass is 649 g/mol. The molecule has 38 heavy (non-hydrogen) atoms. The second-order valence-corrected chi connectivity index (χ2v) is 10.8. The number of nitro benzene ring substituents is 1. The van der Waals surface area contributed by atoms with Crippen molar-refractivity contribution in [3.05, 3.63) is 92.2 Å². The molecule has 2 aromatic carbocycles. The van der Waals surface area contributed by atoms with E-state index in [0.29, 0.717) is 34.0 Å². The highest BCUT2D eigenvalue weighted by molar-refractivity contribution is 14.1. The third-order valence-electron chi connectivity index (χ3n) is 5.65. The van der Waals surface area contributed by atoms with Gasteiger partial charge in [-0.2, -0.15) is 0 Å². The van der Waals surface area contributed by atoms with Gasteiger partial charge in [-0.15, -0.1) is 0 Å². The summed E-state index contributed by atoms with van der Waals surface area (Å²) in [6, 6.07) is 9.07. The van der Waals surface area contributed by atoms with Crippen molar-refractivity contribution in [3.63, 3.8) is 0 Å². The van der Waals surface area contributed by atoms with Crippen LogP contribution in [-0.2, 0) is 9.53 Å². The number of carbonyl (C=O) groups excluding carboxylic acids is 1. The number of fused-ring (bicyclic) bond motifs is 1. The number of allylic oxidation sites excluding steroid dienone is 1. The zero-order chi connectivity index (χ0) is 27.7. The molecule has 3 aromatic rings. The number of thiazole rings is 1. The molecule has 4 rings (SSSR count). The smallest absolute Gasteiger partial charge is 0.338 e. The van der Waals surface area contributed by atoms with Crippen LogP contribution in [0, 0.1) is 13.7 Å². The zero-order valence-electron chi connectivity index (χ0n) is 20.9. The minimum Gasteiger partial charge on any atom is -0.501 e. The van der Waals surface area contributed by atoms with E-state index in [-0.39, 0.29) is 19.8 Å². The topological polar surface area (TPSA) is 133 Å². The lowest BCUT2D eigenvalue weighted by Gasteiger charge is -2.25. The summed E-state index contributed by atoms with van der Waals surface area (Å²) < 4.78 is 13.0. The second-order valence-electron chi connectivity index (χ2n) is 8.67. The van der Waals surface area contributed by atoms with Gasteiger partial charge in [-0.3, -0.25) is 19.5 Å². The molecule has 0 unspecified atom stereocenters. The molecule has 0 amide bonds. The van der Waals surface area contributed by atoms with Crippen LogP contribution >= 0.6 is 33.9 Å². The van der Waals surface area contributed by atoms with Crippen LogP contribution in [0.25, 0.3) is 6.08 Å². The first kappa shape index (κ1) is 27.5. The first-order valence-electron chi connectivity index (χ1n) is 11.6. The molecule has 0 saturated carbocycles. The van der Waals surface area contributed by atoms with Gasteiger partial charge in [0.25, 0.3) is 5.56 Å². The fourth-order valence-electron chi connectivity index (χ4n) is 4.07. The normalized spacial score (nSPS) is 15.3. The molecule has 1 aliphatic rings. The van der Waals surface area contributed by atoms with Crippen LogP contribution in [0.1, 0.15) is 44.9 Å². The van der Waals surface area contributed by atoms with Gasteiger partial charge in [0, 0.05) is 6.07 Å². The molecule has 0 fully saturated rings. The Morgan fingerprint density at radius 3 is 2.61 bits per heavy atom. The molecular weight excluding hydrogens is 625 g/mol. The average molecular weight is 649 g/mol. The van der Waals surface area contributed by atoms with Gasteiger partial charge in [-0.25, -0.2) is 9.79 Å². The molecule has 12 heteroatoms. The molecular formula is C26H24IN3O7S. The number of phenols is 1. The summed E-state index contributed by atoms with van der Waals surface area (Å²) in [5, 5.41) is 21.4. The van der Waals surface area contributed by atoms with Crippen molar-refractivity contribution in [3.8, 4) is 11.5 Å². The molecule has 0 spiro atoms. The largest absolute Gasteiger partial charge is 0.501 e. The van der Waals surface area contributed by atoms with Gasteiger partial charge in [0.05, 0.1) is 43.0 Å². The number of nitro groups is 1. The number of hydrogen-bond donors (Lipinski definition) is 1. The summed E-state index contributed by atoms with van der Waals surface area (Å²) in [7, 11) is 0. The van der Waals surface area contributed by atoms with E-state index in [1.54, 1.807) is 73.7 Å². The summed E-state index contributed by atoms with van der Waals surface area (Å²) in [5.74, 6) is -0.356. The van der Waals surface area contributed by atoms with Gasteiger partial charge in [-0.1, -0.05) is 23.5 Å². The van der Waals surface area contributed by atoms with E-state index < -0.39 is 33.9 Å². The van der Waals surface area contributed by atoms with E-state index >= 15 is 0 Å². The van der Waals surface area contributed by atoms with Crippen molar-refractivity contribution in [1.29, 1.82) is 0 Å². The van der Waals surface area contributed by atoms with Crippen molar-refractivity contribution in [2.45, 2.75) is 39.8 Å². The highest BCUT2D eigenvalue weighted by Gasteiger charge is 2.34. The van der Waals surface area contributed by atoms with Crippen LogP contribution in [0.15, 0.2) is 57.5 Å². The maximum Gasteiger partial charge on any atom is 0.338 e. The fraction of sp³-hybridized carbons (Fsp3) is 0.269. The number of aromatic hydroxyl groups is 1. The van der Waals surface area contributed by atoms with Crippen molar-refractivity contribution in [1.82, 2.24) is 4.57 Å². The first-order chi connectivity index (χ1) is 18.0. The number of aromatic nitrogens is 1. The van der Waals surface area contributed by atoms with E-state index in [9.17, 15) is 24.8 Å². The Hall–Kier alpha value is -3.52. The SMILES string of the molecule is CCOc1ccc([C@@H]2C(C(=O)OC(C)C)=C(C)N=c3s/c(=C/c4cc(I)c(O)c([N+](=O)[O-])c4)c(=O)n32)cc1. The zero-order valence-corrected chi connectivity index (χ0v) is 23.9. The van der Waals surface area contributed by atoms with Gasteiger partial charge in [0.1, 0.15) is 5.75 Å². The number of benzene rings is 2. The minimum atomic E-state index is -0.801. The lowest BCUT2D eigenvalue weighted by Crippen LogP contribution is -2.40. The van der Waals surface area contributed by atoms with Gasteiger partial charge in [0.15, 0.2) is 4.80 Å². The lowest BCUT2D eigenvalue weighted by atomic mass is 9.96. The Bertz CT molecular complexity index is 1640. The third kappa shape index (κ3) is 5.36. The molecule has 10 nitrogen and oxygen atoms in total. The second kappa shape index (κ2) is 11.1. The molecule has 1 N–H and O–H groups in total. The number of halogens is 1. The van der Waals surface area contributed by atoms with E-state index in [0.717, 1.165) is 11.3 Å². The predicted molar refractivity (Wildman–Crippen MR) is 150 cm³/mol. The molecule has 1 aromatic heterocycles. The Kier molecular flexibility index (Phi) is 8.02. The number of ether oxygens (including phenoxy) is 2. The number of esters is 1. The predicted octanol–water partition coefficient (Wildman–Crippen LogP) is 3.80. The van der Waals surface area contributed by atoms with E-state index in [1.165, 1.54) is 16.7 Å². The number of nitrogens with zero attached hydrogens (tertiary/aromatic N) is 3. The Morgan fingerprint density at radius 1 is 1.32 bits per heavy atom. The summed E-state index contributed by atoms with van der Waals surface area (Å²) in [6.45, 7) is 7.55. The van der Waals surface area contributed by atoms with Crippen LogP contribution in [0.4, 0.5) is 5.69 Å². The molecule has 0 saturated heterocycles. The van der Waals surface area contributed by atoms with Crippen LogP contribution < -0.4 is 19.6 Å². The fourth-order valence-corrected chi connectivity index (χ4v) is 5.75. The molecule has 198 valence electrons. The van der Waals surface area contributed by atoms with Crippen molar-refractivity contribution >= 4 is 51.7 Å². The van der Waals surface area contributed by atoms with E-state index in [1.807, 2.05) is 6.92 Å². The van der Waals surface area contributed by atoms with Gasteiger partial charge >= 0.3 is 11.7 Å². The molecule has 0 radical (unpaired) electrons. The molecule has 0 bridgehead atoms. The molecule has 1 aliphatic heterocycles. The molecule has 0 aliphatic carbocycles. The van der Waals surface area contributed by atoms with Crippen LogP contribution in [0.2, 0.25) is 0 Å².